The summed E-state index contributed by atoms with van der Waals surface area (Å²) in [5.41, 5.74) is 22.4. The lowest BCUT2D eigenvalue weighted by Crippen LogP contribution is -2.62. The number of anilines is 8. The summed E-state index contributed by atoms with van der Waals surface area (Å²) in [6, 6.07) is 46.5. The van der Waals surface area contributed by atoms with Crippen molar-refractivity contribution in [3.63, 3.8) is 0 Å². The van der Waals surface area contributed by atoms with Gasteiger partial charge >= 0.3 is 0 Å². The molecule has 10 rings (SSSR count). The molecule has 6 aromatic carbocycles. The van der Waals surface area contributed by atoms with Crippen molar-refractivity contribution in [2.45, 2.75) is 181 Å². The lowest BCUT2D eigenvalue weighted by atomic mass is 9.33. The van der Waals surface area contributed by atoms with E-state index in [9.17, 15) is 0 Å². The van der Waals surface area contributed by atoms with E-state index in [-0.39, 0.29) is 44.7 Å². The number of rotatable bonds is 3. The van der Waals surface area contributed by atoms with Gasteiger partial charge in [0.25, 0.3) is 6.71 Å². The fourth-order valence-corrected chi connectivity index (χ4v) is 12.6. The highest BCUT2D eigenvalue weighted by atomic mass is 15.3. The van der Waals surface area contributed by atoms with Crippen LogP contribution in [-0.2, 0) is 32.5 Å². The zero-order valence-electron chi connectivity index (χ0n) is 44.7. The molecule has 4 aliphatic rings. The van der Waals surface area contributed by atoms with Crippen molar-refractivity contribution in [2.75, 3.05) is 14.7 Å². The van der Waals surface area contributed by atoms with Crippen molar-refractivity contribution in [3.05, 3.63) is 149 Å². The minimum Gasteiger partial charge on any atom is -0.334 e. The Kier molecular flexibility index (Phi) is 10.4. The number of para-hydroxylation sites is 1. The molecule has 0 N–H and O–H groups in total. The van der Waals surface area contributed by atoms with E-state index in [0.29, 0.717) is 0 Å². The van der Waals surface area contributed by atoms with Crippen LogP contribution < -0.4 is 31.1 Å². The Hall–Kier alpha value is -5.22. The highest BCUT2D eigenvalue weighted by molar-refractivity contribution is 7.00. The predicted octanol–water partition coefficient (Wildman–Crippen LogP) is 16.0. The van der Waals surface area contributed by atoms with Gasteiger partial charge in [0, 0.05) is 50.9 Å². The Morgan fingerprint density at radius 3 is 1.43 bits per heavy atom. The molecule has 0 amide bonds. The van der Waals surface area contributed by atoms with Crippen LogP contribution in [0.5, 0.6) is 0 Å². The van der Waals surface area contributed by atoms with Crippen molar-refractivity contribution < 1.29 is 0 Å². The molecule has 0 radical (unpaired) electrons. The van der Waals surface area contributed by atoms with E-state index < -0.39 is 0 Å². The summed E-state index contributed by atoms with van der Waals surface area (Å²) in [6.07, 6.45) is 4.83. The van der Waals surface area contributed by atoms with Crippen molar-refractivity contribution in [2.24, 2.45) is 0 Å². The molecule has 0 spiro atoms. The monoisotopic (exact) mass is 900 g/mol. The number of hydrogen-bond donors (Lipinski definition) is 0. The molecular weight excluding hydrogens is 822 g/mol. The highest BCUT2D eigenvalue weighted by Crippen LogP contribution is 2.62. The zero-order valence-corrected chi connectivity index (χ0v) is 44.7. The molecule has 352 valence electrons. The normalized spacial score (nSPS) is 20.2. The number of hydrogen-bond acceptors (Lipinski definition) is 3. The largest absolute Gasteiger partial charge is 0.334 e. The Bertz CT molecular complexity index is 2980. The summed E-state index contributed by atoms with van der Waals surface area (Å²) in [5.74, 6) is 0. The summed E-state index contributed by atoms with van der Waals surface area (Å²) in [7, 11) is 0. The first kappa shape index (κ1) is 46.5. The van der Waals surface area contributed by atoms with E-state index in [4.69, 9.17) is 0 Å². The number of benzene rings is 6. The quantitative estimate of drug-likeness (QED) is 0.164. The SMILES string of the molecule is CC(C)(C)c1ccc(N2c3ccc(C(C)(C)C)cc3B3c4cc(C(C)(C)C)ccc4N(c4ccc(C(C)(C)C)cc4C(C)(C)C)c4cc(N5c6ccccc6C6(C)CCCCC56C)cc2c43)cc1. The summed E-state index contributed by atoms with van der Waals surface area (Å²) in [6.45, 7) is 40.6. The third-order valence-corrected chi connectivity index (χ3v) is 17.0. The summed E-state index contributed by atoms with van der Waals surface area (Å²) in [5, 5.41) is 0. The summed E-state index contributed by atoms with van der Waals surface area (Å²) in [4.78, 5) is 8.15. The van der Waals surface area contributed by atoms with Gasteiger partial charge in [-0.3, -0.25) is 0 Å². The maximum absolute atomic E-state index is 2.80. The number of nitrogens with zero attached hydrogens (tertiary/aromatic N) is 3. The van der Waals surface area contributed by atoms with E-state index >= 15 is 0 Å². The highest BCUT2D eigenvalue weighted by Gasteiger charge is 2.58. The predicted molar refractivity (Wildman–Crippen MR) is 297 cm³/mol. The smallest absolute Gasteiger partial charge is 0.252 e. The standard InChI is InChI=1S/C64H78BN3/c1-58(2,3)41-24-29-45(30-25-41)66-53-32-27-43(60(7,8)9)37-49(53)65-50-38-44(61(10,11)12)28-33-54(50)67(51-31-26-42(59(4,5)6)36-48(51)62(13,14)15)56-40-46(39-55(66)57(56)65)68-52-23-19-18-22-47(52)63(16)34-20-21-35-64(63,68)17/h18-19,22-33,36-40H,20-21,34-35H2,1-17H3. The van der Waals surface area contributed by atoms with Crippen LogP contribution in [0.15, 0.2) is 115 Å². The van der Waals surface area contributed by atoms with Gasteiger partial charge < -0.3 is 14.7 Å². The fourth-order valence-electron chi connectivity index (χ4n) is 12.6. The molecular formula is C64H78BN3. The molecule has 0 saturated heterocycles. The average molecular weight is 900 g/mol. The maximum atomic E-state index is 2.80. The first-order valence-electron chi connectivity index (χ1n) is 25.9. The van der Waals surface area contributed by atoms with Gasteiger partial charge in [0.05, 0.1) is 5.54 Å². The Balaban J connectivity index is 1.37. The van der Waals surface area contributed by atoms with Crippen molar-refractivity contribution >= 4 is 68.6 Å². The van der Waals surface area contributed by atoms with E-state index in [1.165, 1.54) is 115 Å². The van der Waals surface area contributed by atoms with Gasteiger partial charge in [0.15, 0.2) is 0 Å². The summed E-state index contributed by atoms with van der Waals surface area (Å²) < 4.78 is 0. The van der Waals surface area contributed by atoms with Crippen LogP contribution in [0.4, 0.5) is 45.5 Å². The molecule has 1 saturated carbocycles. The van der Waals surface area contributed by atoms with E-state index in [0.717, 1.165) is 6.42 Å². The van der Waals surface area contributed by atoms with Crippen LogP contribution in [0, 0.1) is 0 Å². The molecule has 0 bridgehead atoms. The van der Waals surface area contributed by atoms with Crippen molar-refractivity contribution in [1.82, 2.24) is 0 Å². The first-order valence-corrected chi connectivity index (χ1v) is 25.9. The Morgan fingerprint density at radius 2 is 0.882 bits per heavy atom. The van der Waals surface area contributed by atoms with Crippen molar-refractivity contribution in [1.29, 1.82) is 0 Å². The molecule has 1 fully saturated rings. The van der Waals surface area contributed by atoms with E-state index in [1.54, 1.807) is 0 Å². The van der Waals surface area contributed by atoms with Crippen LogP contribution >= 0.6 is 0 Å². The molecule has 2 atom stereocenters. The van der Waals surface area contributed by atoms with Crippen LogP contribution in [0.2, 0.25) is 0 Å². The van der Waals surface area contributed by atoms with Gasteiger partial charge in [-0.15, -0.1) is 0 Å². The Labute approximate surface area is 411 Å². The molecule has 68 heavy (non-hydrogen) atoms. The molecule has 3 nitrogen and oxygen atoms in total. The third-order valence-electron chi connectivity index (χ3n) is 17.0. The lowest BCUT2D eigenvalue weighted by molar-refractivity contribution is 0.195. The van der Waals surface area contributed by atoms with Gasteiger partial charge in [0.2, 0.25) is 0 Å². The molecule has 3 heterocycles. The third kappa shape index (κ3) is 7.11. The molecule has 1 aliphatic carbocycles. The first-order chi connectivity index (χ1) is 31.6. The van der Waals surface area contributed by atoms with E-state index in [2.05, 4.69) is 248 Å². The molecule has 2 unspecified atom stereocenters. The number of fused-ring (bicyclic) bond motifs is 7. The zero-order chi connectivity index (χ0) is 48.9. The van der Waals surface area contributed by atoms with Crippen molar-refractivity contribution in [3.8, 4) is 0 Å². The molecule has 6 aromatic rings. The van der Waals surface area contributed by atoms with E-state index in [1.807, 2.05) is 0 Å². The topological polar surface area (TPSA) is 9.72 Å². The molecule has 4 heteroatoms. The van der Waals surface area contributed by atoms with Gasteiger partial charge in [-0.05, 0) is 145 Å². The maximum Gasteiger partial charge on any atom is 0.252 e. The fraction of sp³-hybridized carbons (Fsp3) is 0.438. The molecule has 0 aromatic heterocycles. The van der Waals surface area contributed by atoms with Gasteiger partial charge in [-0.2, -0.15) is 0 Å². The van der Waals surface area contributed by atoms with Gasteiger partial charge in [-0.1, -0.05) is 190 Å². The Morgan fingerprint density at radius 1 is 0.412 bits per heavy atom. The minimum atomic E-state index is -0.128. The second-order valence-electron chi connectivity index (χ2n) is 26.7. The molecule has 3 aliphatic heterocycles. The van der Waals surface area contributed by atoms with Crippen LogP contribution in [0.1, 0.15) is 177 Å². The lowest BCUT2D eigenvalue weighted by Gasteiger charge is -2.51. The van der Waals surface area contributed by atoms with Crippen LogP contribution in [0.25, 0.3) is 0 Å². The minimum absolute atomic E-state index is 0.00682. The summed E-state index contributed by atoms with van der Waals surface area (Å²) >= 11 is 0. The average Bonchev–Trinajstić information content (AvgIpc) is 3.47. The van der Waals surface area contributed by atoms with Gasteiger partial charge in [-0.25, -0.2) is 0 Å². The van der Waals surface area contributed by atoms with Crippen LogP contribution in [0.3, 0.4) is 0 Å². The van der Waals surface area contributed by atoms with Crippen LogP contribution in [-0.4, -0.2) is 12.3 Å². The second-order valence-corrected chi connectivity index (χ2v) is 26.7. The second kappa shape index (κ2) is 15.1. The van der Waals surface area contributed by atoms with Gasteiger partial charge in [0.1, 0.15) is 0 Å².